The van der Waals surface area contributed by atoms with Gasteiger partial charge in [0.2, 0.25) is 0 Å². The molecule has 0 aliphatic heterocycles. The molecule has 0 aliphatic carbocycles. The third-order valence-electron chi connectivity index (χ3n) is 18.9. The van der Waals surface area contributed by atoms with Crippen LogP contribution in [-0.2, 0) is 65.4 Å². The van der Waals surface area contributed by atoms with Crippen LogP contribution in [0.5, 0.6) is 0 Å². The molecular formula is C80H156O17P2. The molecular weight excluding hydrogens is 1290 g/mol. The molecule has 0 aliphatic rings. The van der Waals surface area contributed by atoms with Crippen molar-refractivity contribution in [3.05, 3.63) is 0 Å². The SMILES string of the molecule is CCC(C)CCCCCCCCCCCCCCCCCCCCC(=O)O[C@H](COC(=O)CCCCCCCCC(C)C)COP(=O)(O)OC[C@H](O)COP(=O)(O)OC[C@@H](COC(=O)CCCCCCCCCCCCC(C)C)OC(=O)CCCCCCCCCCCCCCC(C)C. The predicted molar refractivity (Wildman–Crippen MR) is 404 cm³/mol. The third kappa shape index (κ3) is 72.8. The van der Waals surface area contributed by atoms with E-state index in [1.807, 2.05) is 0 Å². The van der Waals surface area contributed by atoms with Crippen molar-refractivity contribution in [3.63, 3.8) is 0 Å². The molecule has 3 unspecified atom stereocenters. The molecule has 0 fully saturated rings. The van der Waals surface area contributed by atoms with Crippen molar-refractivity contribution in [1.29, 1.82) is 0 Å². The molecule has 17 nitrogen and oxygen atoms in total. The van der Waals surface area contributed by atoms with E-state index in [2.05, 4.69) is 55.4 Å². The summed E-state index contributed by atoms with van der Waals surface area (Å²) in [6.07, 6.45) is 55.7. The Balaban J connectivity index is 5.17. The Labute approximate surface area is 607 Å². The third-order valence-corrected chi connectivity index (χ3v) is 20.8. The quantitative estimate of drug-likeness (QED) is 0.0222. The van der Waals surface area contributed by atoms with Gasteiger partial charge in [-0.25, -0.2) is 9.13 Å². The average molecular weight is 1450 g/mol. The molecule has 588 valence electrons. The Hall–Kier alpha value is -1.94. The first-order valence-corrected chi connectivity index (χ1v) is 44.2. The number of ether oxygens (including phenoxy) is 4. The van der Waals surface area contributed by atoms with Crippen LogP contribution >= 0.6 is 15.6 Å². The molecule has 0 aromatic rings. The normalized spacial score (nSPS) is 14.3. The van der Waals surface area contributed by atoms with Gasteiger partial charge in [0.1, 0.15) is 19.3 Å². The topological polar surface area (TPSA) is 237 Å². The lowest BCUT2D eigenvalue weighted by molar-refractivity contribution is -0.161. The van der Waals surface area contributed by atoms with Gasteiger partial charge in [0.25, 0.3) is 0 Å². The molecule has 0 heterocycles. The molecule has 0 radical (unpaired) electrons. The van der Waals surface area contributed by atoms with E-state index >= 15 is 0 Å². The number of rotatable bonds is 77. The highest BCUT2D eigenvalue weighted by molar-refractivity contribution is 7.47. The standard InChI is InChI=1S/C80H156O17P2/c1-9-73(8)59-51-43-34-28-21-16-14-12-10-11-13-15-17-22-30-36-46-54-62-80(85)97-76(67-91-78(83)61-53-45-39-38-42-50-58-72(6)7)69-95-99(88,89)93-65-74(81)64-92-98(86,87)94-68-75(66-90-77(82)60-52-44-35-29-25-24-27-33-41-49-57-71(4)5)96-79(84)63-55-47-37-31-23-19-18-20-26-32-40-48-56-70(2)3/h70-76,81H,9-69H2,1-8H3,(H,86,87)(H,88,89)/t73?,74-,75-,76-/m1/s1. The van der Waals surface area contributed by atoms with Gasteiger partial charge in [-0.2, -0.15) is 0 Å². The second-order valence-corrected chi connectivity index (χ2v) is 33.4. The Bertz CT molecular complexity index is 1940. The van der Waals surface area contributed by atoms with Gasteiger partial charge in [0, 0.05) is 25.7 Å². The average Bonchev–Trinajstić information content (AvgIpc) is 0.990. The molecule has 0 spiro atoms. The van der Waals surface area contributed by atoms with Gasteiger partial charge < -0.3 is 33.8 Å². The fourth-order valence-electron chi connectivity index (χ4n) is 12.2. The van der Waals surface area contributed by atoms with Gasteiger partial charge in [0.15, 0.2) is 12.2 Å². The number of carbonyl (C=O) groups is 4. The summed E-state index contributed by atoms with van der Waals surface area (Å²) in [6, 6.07) is 0. The molecule has 19 heteroatoms. The van der Waals surface area contributed by atoms with Crippen LogP contribution in [0.3, 0.4) is 0 Å². The first kappa shape index (κ1) is 97.1. The Morgan fingerprint density at radius 1 is 0.283 bits per heavy atom. The second-order valence-electron chi connectivity index (χ2n) is 30.5. The van der Waals surface area contributed by atoms with Crippen molar-refractivity contribution in [1.82, 2.24) is 0 Å². The van der Waals surface area contributed by atoms with Crippen LogP contribution in [0.1, 0.15) is 409 Å². The summed E-state index contributed by atoms with van der Waals surface area (Å²) >= 11 is 0. The van der Waals surface area contributed by atoms with Gasteiger partial charge in [-0.3, -0.25) is 37.3 Å². The summed E-state index contributed by atoms with van der Waals surface area (Å²) in [5, 5.41) is 10.6. The largest absolute Gasteiger partial charge is 0.472 e. The molecule has 0 aromatic carbocycles. The van der Waals surface area contributed by atoms with Crippen molar-refractivity contribution < 1.29 is 80.2 Å². The van der Waals surface area contributed by atoms with E-state index in [9.17, 15) is 43.2 Å². The minimum Gasteiger partial charge on any atom is -0.462 e. The predicted octanol–water partition coefficient (Wildman–Crippen LogP) is 23.6. The van der Waals surface area contributed by atoms with Crippen molar-refractivity contribution in [2.24, 2.45) is 23.7 Å². The molecule has 0 amide bonds. The molecule has 0 aromatic heterocycles. The summed E-state index contributed by atoms with van der Waals surface area (Å²) in [6.45, 7) is 14.2. The van der Waals surface area contributed by atoms with Crippen LogP contribution in [0, 0.1) is 23.7 Å². The second kappa shape index (κ2) is 69.1. The fourth-order valence-corrected chi connectivity index (χ4v) is 13.8. The van der Waals surface area contributed by atoms with Gasteiger partial charge >= 0.3 is 39.5 Å². The van der Waals surface area contributed by atoms with E-state index < -0.39 is 97.5 Å². The molecule has 0 bridgehead atoms. The number of esters is 4. The van der Waals surface area contributed by atoms with E-state index in [-0.39, 0.29) is 25.7 Å². The van der Waals surface area contributed by atoms with Gasteiger partial charge in [-0.15, -0.1) is 0 Å². The van der Waals surface area contributed by atoms with Crippen LogP contribution in [0.15, 0.2) is 0 Å². The number of phosphoric acid groups is 2. The zero-order chi connectivity index (χ0) is 73.1. The molecule has 99 heavy (non-hydrogen) atoms. The fraction of sp³-hybridized carbons (Fsp3) is 0.950. The van der Waals surface area contributed by atoms with Gasteiger partial charge in [-0.05, 0) is 49.4 Å². The van der Waals surface area contributed by atoms with Crippen LogP contribution in [0.25, 0.3) is 0 Å². The maximum atomic E-state index is 13.1. The maximum absolute atomic E-state index is 13.1. The number of aliphatic hydroxyl groups excluding tert-OH is 1. The van der Waals surface area contributed by atoms with E-state index in [1.54, 1.807) is 0 Å². The minimum atomic E-state index is -4.96. The monoisotopic (exact) mass is 1450 g/mol. The Morgan fingerprint density at radius 2 is 0.485 bits per heavy atom. The van der Waals surface area contributed by atoms with Crippen molar-refractivity contribution >= 4 is 39.5 Å². The summed E-state index contributed by atoms with van der Waals surface area (Å²) in [5.74, 6) is 0.967. The smallest absolute Gasteiger partial charge is 0.462 e. The van der Waals surface area contributed by atoms with E-state index in [0.29, 0.717) is 31.6 Å². The molecule has 0 saturated carbocycles. The zero-order valence-electron chi connectivity index (χ0n) is 65.1. The summed E-state index contributed by atoms with van der Waals surface area (Å²) in [4.78, 5) is 72.9. The van der Waals surface area contributed by atoms with Crippen molar-refractivity contribution in [2.75, 3.05) is 39.6 Å². The number of phosphoric ester groups is 2. The summed E-state index contributed by atoms with van der Waals surface area (Å²) in [5.41, 5.74) is 0. The Kier molecular flexibility index (Phi) is 67.8. The minimum absolute atomic E-state index is 0.106. The number of hydrogen-bond acceptors (Lipinski definition) is 15. The highest BCUT2D eigenvalue weighted by Crippen LogP contribution is 2.45. The van der Waals surface area contributed by atoms with Crippen molar-refractivity contribution in [3.8, 4) is 0 Å². The number of hydrogen-bond donors (Lipinski definition) is 3. The number of unbranched alkanes of at least 4 members (excludes halogenated alkanes) is 42. The first-order valence-electron chi connectivity index (χ1n) is 41.2. The van der Waals surface area contributed by atoms with Gasteiger partial charge in [0.05, 0.1) is 26.4 Å². The number of aliphatic hydroxyl groups is 1. The molecule has 6 atom stereocenters. The summed E-state index contributed by atoms with van der Waals surface area (Å²) < 4.78 is 68.6. The van der Waals surface area contributed by atoms with Crippen LogP contribution < -0.4 is 0 Å². The maximum Gasteiger partial charge on any atom is 0.472 e. The molecule has 0 saturated heterocycles. The zero-order valence-corrected chi connectivity index (χ0v) is 66.9. The van der Waals surface area contributed by atoms with Crippen molar-refractivity contribution in [2.45, 2.75) is 427 Å². The van der Waals surface area contributed by atoms with E-state index in [1.165, 1.54) is 205 Å². The Morgan fingerprint density at radius 3 is 0.717 bits per heavy atom. The lowest BCUT2D eigenvalue weighted by Crippen LogP contribution is -2.30. The van der Waals surface area contributed by atoms with Crippen LogP contribution in [0.2, 0.25) is 0 Å². The number of carbonyl (C=O) groups excluding carboxylic acids is 4. The van der Waals surface area contributed by atoms with E-state index in [0.717, 1.165) is 114 Å². The van der Waals surface area contributed by atoms with Crippen LogP contribution in [-0.4, -0.2) is 96.7 Å². The first-order chi connectivity index (χ1) is 47.6. The van der Waals surface area contributed by atoms with Crippen LogP contribution in [0.4, 0.5) is 0 Å². The molecule has 0 rings (SSSR count). The van der Waals surface area contributed by atoms with E-state index in [4.69, 9.17) is 37.0 Å². The van der Waals surface area contributed by atoms with Gasteiger partial charge in [-0.1, -0.05) is 357 Å². The highest BCUT2D eigenvalue weighted by atomic mass is 31.2. The summed E-state index contributed by atoms with van der Waals surface area (Å²) in [7, 11) is -9.92. The lowest BCUT2D eigenvalue weighted by atomic mass is 9.99. The lowest BCUT2D eigenvalue weighted by Gasteiger charge is -2.21. The highest BCUT2D eigenvalue weighted by Gasteiger charge is 2.30. The molecule has 3 N–H and O–H groups in total.